The molecule has 2 amide bonds. The Labute approximate surface area is 170 Å². The second kappa shape index (κ2) is 7.17. The van der Waals surface area contributed by atoms with Gasteiger partial charge in [-0.05, 0) is 52.9 Å². The predicted molar refractivity (Wildman–Crippen MR) is 114 cm³/mol. The Hall–Kier alpha value is -3.47. The van der Waals surface area contributed by atoms with Crippen LogP contribution in [0.15, 0.2) is 67.0 Å². The molecule has 1 aliphatic heterocycles. The average Bonchev–Trinajstić information content (AvgIpc) is 2.97. The summed E-state index contributed by atoms with van der Waals surface area (Å²) in [4.78, 5) is 31.4. The molecule has 0 atom stereocenters. The molecular formula is C24H23N3O2. The van der Waals surface area contributed by atoms with E-state index in [4.69, 9.17) is 0 Å². The van der Waals surface area contributed by atoms with Crippen molar-refractivity contribution in [1.29, 1.82) is 0 Å². The van der Waals surface area contributed by atoms with Gasteiger partial charge in [-0.25, -0.2) is 4.90 Å². The van der Waals surface area contributed by atoms with E-state index in [2.05, 4.69) is 31.1 Å². The fraction of sp³-hybridized carbons (Fsp3) is 0.208. The summed E-state index contributed by atoms with van der Waals surface area (Å²) in [6.07, 6.45) is 3.45. The summed E-state index contributed by atoms with van der Waals surface area (Å²) in [5.41, 5.74) is 4.29. The first-order valence-corrected chi connectivity index (χ1v) is 9.61. The second-order valence-electron chi connectivity index (χ2n) is 8.18. The van der Waals surface area contributed by atoms with E-state index in [-0.39, 0.29) is 17.2 Å². The summed E-state index contributed by atoms with van der Waals surface area (Å²) < 4.78 is 0. The van der Waals surface area contributed by atoms with Crippen molar-refractivity contribution in [2.45, 2.75) is 32.7 Å². The van der Waals surface area contributed by atoms with Crippen molar-refractivity contribution in [1.82, 2.24) is 4.98 Å². The van der Waals surface area contributed by atoms with Crippen LogP contribution < -0.4 is 10.2 Å². The second-order valence-corrected chi connectivity index (χ2v) is 8.18. The Morgan fingerprint density at radius 3 is 2.24 bits per heavy atom. The van der Waals surface area contributed by atoms with Crippen molar-refractivity contribution in [3.8, 4) is 0 Å². The van der Waals surface area contributed by atoms with E-state index in [1.807, 2.05) is 42.5 Å². The molecule has 0 fully saturated rings. The molecule has 0 radical (unpaired) electrons. The Balaban J connectivity index is 1.63. The smallest absolute Gasteiger partial charge is 0.268 e. The molecule has 0 saturated heterocycles. The van der Waals surface area contributed by atoms with Crippen molar-refractivity contribution in [3.63, 3.8) is 0 Å². The highest BCUT2D eigenvalue weighted by Crippen LogP contribution is 2.34. The molecule has 2 aromatic carbocycles. The Kier molecular flexibility index (Phi) is 4.66. The van der Waals surface area contributed by atoms with Crippen molar-refractivity contribution in [3.05, 3.63) is 89.2 Å². The van der Waals surface area contributed by atoms with Crippen LogP contribution in [-0.4, -0.2) is 16.8 Å². The Bertz CT molecular complexity index is 1070. The summed E-state index contributed by atoms with van der Waals surface area (Å²) in [5, 5.41) is 3.29. The van der Waals surface area contributed by atoms with Gasteiger partial charge in [-0.2, -0.15) is 0 Å². The first kappa shape index (κ1) is 18.9. The van der Waals surface area contributed by atoms with Crippen LogP contribution in [0.4, 0.5) is 11.4 Å². The average molecular weight is 385 g/mol. The predicted octanol–water partition coefficient (Wildman–Crippen LogP) is 4.79. The number of rotatable bonds is 4. The molecule has 29 heavy (non-hydrogen) atoms. The molecular weight excluding hydrogens is 362 g/mol. The number of anilines is 2. The maximum absolute atomic E-state index is 13.2. The molecule has 5 heteroatoms. The zero-order valence-electron chi connectivity index (χ0n) is 16.8. The van der Waals surface area contributed by atoms with Crippen LogP contribution in [0.5, 0.6) is 0 Å². The summed E-state index contributed by atoms with van der Waals surface area (Å²) in [6.45, 7) is 6.93. The monoisotopic (exact) mass is 385 g/mol. The van der Waals surface area contributed by atoms with Gasteiger partial charge in [-0.1, -0.05) is 39.0 Å². The number of fused-ring (bicyclic) bond motifs is 1. The van der Waals surface area contributed by atoms with Crippen LogP contribution in [0, 0.1) is 0 Å². The maximum Gasteiger partial charge on any atom is 0.268 e. The van der Waals surface area contributed by atoms with E-state index in [1.54, 1.807) is 24.5 Å². The van der Waals surface area contributed by atoms with Gasteiger partial charge in [0.2, 0.25) is 0 Å². The molecule has 0 bridgehead atoms. The number of carbonyl (C=O) groups excluding carboxylic acids is 2. The number of pyridine rings is 1. The molecule has 1 N–H and O–H groups in total. The largest absolute Gasteiger partial charge is 0.380 e. The molecule has 0 aliphatic carbocycles. The number of aromatic nitrogens is 1. The molecule has 0 unspecified atom stereocenters. The van der Waals surface area contributed by atoms with Crippen LogP contribution in [0.1, 0.15) is 52.6 Å². The van der Waals surface area contributed by atoms with E-state index in [9.17, 15) is 9.59 Å². The number of hydrogen-bond acceptors (Lipinski definition) is 4. The first-order chi connectivity index (χ1) is 13.9. The minimum atomic E-state index is -0.300. The lowest BCUT2D eigenvalue weighted by molar-refractivity contribution is 0.0926. The van der Waals surface area contributed by atoms with Gasteiger partial charge in [0.1, 0.15) is 0 Å². The molecule has 1 aromatic heterocycles. The lowest BCUT2D eigenvalue weighted by Crippen LogP contribution is -2.29. The van der Waals surface area contributed by atoms with Crippen molar-refractivity contribution in [2.24, 2.45) is 0 Å². The molecule has 0 spiro atoms. The van der Waals surface area contributed by atoms with E-state index in [0.717, 1.165) is 11.1 Å². The summed E-state index contributed by atoms with van der Waals surface area (Å²) in [5.74, 6) is -0.590. The molecule has 1 aliphatic rings. The number of carbonyl (C=O) groups is 2. The maximum atomic E-state index is 13.2. The van der Waals surface area contributed by atoms with Gasteiger partial charge in [-0.15, -0.1) is 0 Å². The number of nitrogens with one attached hydrogen (secondary N) is 1. The fourth-order valence-corrected chi connectivity index (χ4v) is 3.48. The SMILES string of the molecule is CC(C)(C)c1ccc(N2C(=O)c3cccc(NCc4ccncc4)c3C2=O)cc1. The highest BCUT2D eigenvalue weighted by molar-refractivity contribution is 6.36. The summed E-state index contributed by atoms with van der Waals surface area (Å²) in [6, 6.07) is 16.8. The third kappa shape index (κ3) is 3.51. The minimum Gasteiger partial charge on any atom is -0.380 e. The normalized spacial score (nSPS) is 13.6. The minimum absolute atomic E-state index is 0.00453. The lowest BCUT2D eigenvalue weighted by Gasteiger charge is -2.21. The number of amides is 2. The molecule has 5 nitrogen and oxygen atoms in total. The van der Waals surface area contributed by atoms with Gasteiger partial charge in [0, 0.05) is 24.6 Å². The number of hydrogen-bond donors (Lipinski definition) is 1. The number of imide groups is 1. The van der Waals surface area contributed by atoms with Crippen LogP contribution in [-0.2, 0) is 12.0 Å². The molecule has 2 heterocycles. The van der Waals surface area contributed by atoms with Crippen LogP contribution in [0.25, 0.3) is 0 Å². The first-order valence-electron chi connectivity index (χ1n) is 9.61. The van der Waals surface area contributed by atoms with Gasteiger partial charge in [0.15, 0.2) is 0 Å². The highest BCUT2D eigenvalue weighted by Gasteiger charge is 2.38. The summed E-state index contributed by atoms with van der Waals surface area (Å²) in [7, 11) is 0. The number of benzene rings is 2. The standard InChI is InChI=1S/C24H23N3O2/c1-24(2,3)17-7-9-18(10-8-17)27-22(28)19-5-4-6-20(21(19)23(27)29)26-15-16-11-13-25-14-12-16/h4-14,26H,15H2,1-3H3. The highest BCUT2D eigenvalue weighted by atomic mass is 16.2. The third-order valence-corrected chi connectivity index (χ3v) is 5.14. The van der Waals surface area contributed by atoms with Crippen LogP contribution in [0.3, 0.4) is 0 Å². The molecule has 3 aromatic rings. The zero-order chi connectivity index (χ0) is 20.6. The molecule has 4 rings (SSSR count). The lowest BCUT2D eigenvalue weighted by atomic mass is 9.87. The van der Waals surface area contributed by atoms with Gasteiger partial charge in [-0.3, -0.25) is 14.6 Å². The van der Waals surface area contributed by atoms with Crippen molar-refractivity contribution < 1.29 is 9.59 Å². The molecule has 0 saturated carbocycles. The Morgan fingerprint density at radius 1 is 0.897 bits per heavy atom. The van der Waals surface area contributed by atoms with E-state index in [1.165, 1.54) is 4.90 Å². The Morgan fingerprint density at radius 2 is 1.59 bits per heavy atom. The van der Waals surface area contributed by atoms with E-state index in [0.29, 0.717) is 29.0 Å². The zero-order valence-corrected chi connectivity index (χ0v) is 16.8. The van der Waals surface area contributed by atoms with Crippen molar-refractivity contribution >= 4 is 23.2 Å². The van der Waals surface area contributed by atoms with Gasteiger partial charge in [0.25, 0.3) is 11.8 Å². The van der Waals surface area contributed by atoms with Gasteiger partial charge >= 0.3 is 0 Å². The van der Waals surface area contributed by atoms with E-state index >= 15 is 0 Å². The van der Waals surface area contributed by atoms with Crippen LogP contribution >= 0.6 is 0 Å². The van der Waals surface area contributed by atoms with Crippen molar-refractivity contribution in [2.75, 3.05) is 10.2 Å². The fourth-order valence-electron chi connectivity index (χ4n) is 3.48. The van der Waals surface area contributed by atoms with Crippen LogP contribution in [0.2, 0.25) is 0 Å². The number of nitrogens with zero attached hydrogens (tertiary/aromatic N) is 2. The topological polar surface area (TPSA) is 62.3 Å². The van der Waals surface area contributed by atoms with Gasteiger partial charge < -0.3 is 5.32 Å². The quantitative estimate of drug-likeness (QED) is 0.656. The van der Waals surface area contributed by atoms with Gasteiger partial charge in [0.05, 0.1) is 16.8 Å². The summed E-state index contributed by atoms with van der Waals surface area (Å²) >= 11 is 0. The third-order valence-electron chi connectivity index (χ3n) is 5.14. The van der Waals surface area contributed by atoms with E-state index < -0.39 is 0 Å². The molecule has 146 valence electrons.